The van der Waals surface area contributed by atoms with E-state index in [1.54, 1.807) is 42.5 Å². The van der Waals surface area contributed by atoms with Gasteiger partial charge in [-0.05, 0) is 36.4 Å². The molecule has 0 atom stereocenters. The number of hydrogen-bond acceptors (Lipinski definition) is 7. The first kappa shape index (κ1) is 21.9. The molecule has 0 saturated carbocycles. The summed E-state index contributed by atoms with van der Waals surface area (Å²) in [5, 5.41) is 2.78. The third-order valence-corrected chi connectivity index (χ3v) is 6.61. The highest BCUT2D eigenvalue weighted by molar-refractivity contribution is 7.92. The Morgan fingerprint density at radius 1 is 0.735 bits per heavy atom. The van der Waals surface area contributed by atoms with Gasteiger partial charge in [-0.25, -0.2) is 8.42 Å². The van der Waals surface area contributed by atoms with Crippen molar-refractivity contribution in [2.45, 2.75) is 11.3 Å². The number of benzene rings is 3. The van der Waals surface area contributed by atoms with E-state index in [1.165, 1.54) is 18.2 Å². The molecule has 2 aliphatic rings. The molecule has 2 aliphatic heterocycles. The minimum absolute atomic E-state index is 0.00111. The minimum Gasteiger partial charge on any atom is -0.490 e. The van der Waals surface area contributed by atoms with Gasteiger partial charge >= 0.3 is 0 Å². The SMILES string of the molecule is O=C(Nc1ccc2c(c1)OCCO2)c1ccccc1NS(=O)(=O)c1ccc2c(c1)OCCCO2. The van der Waals surface area contributed by atoms with Gasteiger partial charge in [-0.3, -0.25) is 9.52 Å². The molecule has 34 heavy (non-hydrogen) atoms. The number of carbonyl (C=O) groups is 1. The maximum atomic E-state index is 13.1. The summed E-state index contributed by atoms with van der Waals surface area (Å²) in [5.74, 6) is 1.52. The van der Waals surface area contributed by atoms with E-state index in [0.717, 1.165) is 0 Å². The van der Waals surface area contributed by atoms with E-state index in [1.807, 2.05) is 0 Å². The molecule has 0 saturated heterocycles. The third-order valence-electron chi connectivity index (χ3n) is 5.25. The highest BCUT2D eigenvalue weighted by atomic mass is 32.2. The number of rotatable bonds is 5. The van der Waals surface area contributed by atoms with E-state index in [4.69, 9.17) is 18.9 Å². The highest BCUT2D eigenvalue weighted by Crippen LogP contribution is 2.34. The van der Waals surface area contributed by atoms with Crippen molar-refractivity contribution in [1.29, 1.82) is 0 Å². The molecule has 0 aliphatic carbocycles. The fourth-order valence-electron chi connectivity index (χ4n) is 3.60. The summed E-state index contributed by atoms with van der Waals surface area (Å²) in [4.78, 5) is 13.0. The summed E-state index contributed by atoms with van der Waals surface area (Å²) in [6.07, 6.45) is 0.709. The summed E-state index contributed by atoms with van der Waals surface area (Å²) in [6, 6.07) is 15.9. The van der Waals surface area contributed by atoms with Gasteiger partial charge in [-0.1, -0.05) is 12.1 Å². The lowest BCUT2D eigenvalue weighted by molar-refractivity contribution is 0.102. The number of para-hydroxylation sites is 1. The summed E-state index contributed by atoms with van der Waals surface area (Å²) in [5.41, 5.74) is 0.801. The molecule has 2 heterocycles. The lowest BCUT2D eigenvalue weighted by atomic mass is 10.1. The smallest absolute Gasteiger partial charge is 0.262 e. The Hall–Kier alpha value is -3.92. The average molecular weight is 483 g/mol. The van der Waals surface area contributed by atoms with Crippen LogP contribution in [0.4, 0.5) is 11.4 Å². The van der Waals surface area contributed by atoms with Crippen LogP contribution in [0, 0.1) is 0 Å². The lowest BCUT2D eigenvalue weighted by Crippen LogP contribution is -2.19. The molecule has 0 unspecified atom stereocenters. The molecule has 3 aromatic carbocycles. The van der Waals surface area contributed by atoms with Crippen LogP contribution in [-0.4, -0.2) is 40.8 Å². The van der Waals surface area contributed by atoms with Gasteiger partial charge in [0.1, 0.15) is 13.2 Å². The van der Waals surface area contributed by atoms with Crippen LogP contribution in [0.5, 0.6) is 23.0 Å². The first-order valence-corrected chi connectivity index (χ1v) is 12.2. The fraction of sp³-hybridized carbons (Fsp3) is 0.208. The van der Waals surface area contributed by atoms with E-state index in [0.29, 0.717) is 61.5 Å². The molecular formula is C24H22N2O7S. The van der Waals surface area contributed by atoms with Gasteiger partial charge < -0.3 is 24.3 Å². The summed E-state index contributed by atoms with van der Waals surface area (Å²) in [7, 11) is -4.00. The maximum absolute atomic E-state index is 13.1. The third kappa shape index (κ3) is 4.58. The van der Waals surface area contributed by atoms with Crippen LogP contribution >= 0.6 is 0 Å². The van der Waals surface area contributed by atoms with Crippen molar-refractivity contribution in [3.63, 3.8) is 0 Å². The number of ether oxygens (including phenoxy) is 4. The molecule has 5 rings (SSSR count). The number of sulfonamides is 1. The van der Waals surface area contributed by atoms with Gasteiger partial charge in [0, 0.05) is 24.2 Å². The first-order chi connectivity index (χ1) is 16.5. The van der Waals surface area contributed by atoms with Gasteiger partial charge in [-0.15, -0.1) is 0 Å². The van der Waals surface area contributed by atoms with E-state index in [-0.39, 0.29) is 16.1 Å². The van der Waals surface area contributed by atoms with Gasteiger partial charge in [0.2, 0.25) is 0 Å². The topological polar surface area (TPSA) is 112 Å². The number of hydrogen-bond donors (Lipinski definition) is 2. The maximum Gasteiger partial charge on any atom is 0.262 e. The largest absolute Gasteiger partial charge is 0.490 e. The van der Waals surface area contributed by atoms with Crippen molar-refractivity contribution < 1.29 is 32.2 Å². The van der Waals surface area contributed by atoms with Crippen molar-refractivity contribution in [2.24, 2.45) is 0 Å². The molecule has 1 amide bonds. The van der Waals surface area contributed by atoms with Gasteiger partial charge in [-0.2, -0.15) is 0 Å². The zero-order valence-electron chi connectivity index (χ0n) is 18.1. The zero-order chi connectivity index (χ0) is 23.5. The van der Waals surface area contributed by atoms with Gasteiger partial charge in [0.25, 0.3) is 15.9 Å². The number of amides is 1. The number of fused-ring (bicyclic) bond motifs is 2. The van der Waals surface area contributed by atoms with Crippen molar-refractivity contribution in [2.75, 3.05) is 36.5 Å². The normalized spacial score (nSPS) is 14.6. The van der Waals surface area contributed by atoms with Crippen LogP contribution in [0.2, 0.25) is 0 Å². The second-order valence-electron chi connectivity index (χ2n) is 7.62. The van der Waals surface area contributed by atoms with Gasteiger partial charge in [0.15, 0.2) is 23.0 Å². The standard InChI is InChI=1S/C24H22N2O7S/c27-24(25-16-6-8-20-22(14-16)33-13-12-32-20)18-4-1-2-5-19(18)26-34(28,29)17-7-9-21-23(15-17)31-11-3-10-30-21/h1-2,4-9,14-15,26H,3,10-13H2,(H,25,27). The summed E-state index contributed by atoms with van der Waals surface area (Å²) < 4.78 is 50.9. The Bertz CT molecular complexity index is 1340. The van der Waals surface area contributed by atoms with Crippen LogP contribution in [0.25, 0.3) is 0 Å². The van der Waals surface area contributed by atoms with E-state index >= 15 is 0 Å². The van der Waals surface area contributed by atoms with Crippen molar-refractivity contribution in [1.82, 2.24) is 0 Å². The van der Waals surface area contributed by atoms with Crippen LogP contribution in [0.1, 0.15) is 16.8 Å². The highest BCUT2D eigenvalue weighted by Gasteiger charge is 2.22. The molecule has 176 valence electrons. The Kier molecular flexibility index (Phi) is 5.89. The van der Waals surface area contributed by atoms with Gasteiger partial charge in [0.05, 0.1) is 29.4 Å². The molecular weight excluding hydrogens is 460 g/mol. The Labute approximate surface area is 196 Å². The zero-order valence-corrected chi connectivity index (χ0v) is 18.9. The second-order valence-corrected chi connectivity index (χ2v) is 9.31. The Balaban J connectivity index is 1.37. The first-order valence-electron chi connectivity index (χ1n) is 10.7. The summed E-state index contributed by atoms with van der Waals surface area (Å²) >= 11 is 0. The number of carbonyl (C=O) groups excluding carboxylic acids is 1. The predicted molar refractivity (Wildman–Crippen MR) is 125 cm³/mol. The fourth-order valence-corrected chi connectivity index (χ4v) is 4.70. The monoisotopic (exact) mass is 482 g/mol. The van der Waals surface area contributed by atoms with Crippen molar-refractivity contribution >= 4 is 27.3 Å². The molecule has 10 heteroatoms. The van der Waals surface area contributed by atoms with Crippen molar-refractivity contribution in [3.05, 3.63) is 66.2 Å². The minimum atomic E-state index is -4.00. The molecule has 0 aromatic heterocycles. The average Bonchev–Trinajstić information content (AvgIpc) is 3.09. The van der Waals surface area contributed by atoms with E-state index < -0.39 is 15.9 Å². The quantitative estimate of drug-likeness (QED) is 0.571. The number of anilines is 2. The molecule has 0 spiro atoms. The Morgan fingerprint density at radius 2 is 1.38 bits per heavy atom. The molecule has 9 nitrogen and oxygen atoms in total. The summed E-state index contributed by atoms with van der Waals surface area (Å²) in [6.45, 7) is 1.83. The van der Waals surface area contributed by atoms with Crippen molar-refractivity contribution in [3.8, 4) is 23.0 Å². The molecule has 0 radical (unpaired) electrons. The molecule has 2 N–H and O–H groups in total. The number of nitrogens with one attached hydrogen (secondary N) is 2. The molecule has 0 fully saturated rings. The van der Waals surface area contributed by atoms with E-state index in [9.17, 15) is 13.2 Å². The van der Waals surface area contributed by atoms with Crippen LogP contribution in [0.15, 0.2) is 65.6 Å². The van der Waals surface area contributed by atoms with Crippen LogP contribution < -0.4 is 29.0 Å². The second kappa shape index (κ2) is 9.14. The molecule has 0 bridgehead atoms. The molecule has 3 aromatic rings. The lowest BCUT2D eigenvalue weighted by Gasteiger charge is -2.19. The van der Waals surface area contributed by atoms with Crippen LogP contribution in [-0.2, 0) is 10.0 Å². The predicted octanol–water partition coefficient (Wildman–Crippen LogP) is 3.67. The Morgan fingerprint density at radius 3 is 2.21 bits per heavy atom. The van der Waals surface area contributed by atoms with E-state index in [2.05, 4.69) is 10.0 Å². The van der Waals surface area contributed by atoms with Crippen LogP contribution in [0.3, 0.4) is 0 Å².